The van der Waals surface area contributed by atoms with Crippen LogP contribution in [0.2, 0.25) is 0 Å². The van der Waals surface area contributed by atoms with Gasteiger partial charge in [-0.15, -0.1) is 0 Å². The van der Waals surface area contributed by atoms with Gasteiger partial charge in [0.1, 0.15) is 6.04 Å². The van der Waals surface area contributed by atoms with Crippen molar-refractivity contribution in [3.8, 4) is 0 Å². The summed E-state index contributed by atoms with van der Waals surface area (Å²) in [6, 6.07) is 5.24. The molecule has 0 spiro atoms. The number of rotatable bonds is 16. The third-order valence-corrected chi connectivity index (χ3v) is 7.26. The van der Waals surface area contributed by atoms with Gasteiger partial charge in [0.2, 0.25) is 5.91 Å². The minimum absolute atomic E-state index is 0.143. The van der Waals surface area contributed by atoms with Crippen molar-refractivity contribution in [2.24, 2.45) is 0 Å². The van der Waals surface area contributed by atoms with E-state index in [-0.39, 0.29) is 24.0 Å². The molecule has 2 rings (SSSR count). The number of hydrogen-bond donors (Lipinski definition) is 1. The molecule has 1 aromatic rings. The molecule has 9 nitrogen and oxygen atoms in total. The highest BCUT2D eigenvalue weighted by Gasteiger charge is 2.38. The first-order valence-electron chi connectivity index (χ1n) is 13.6. The van der Waals surface area contributed by atoms with Crippen LogP contribution in [0.3, 0.4) is 0 Å². The van der Waals surface area contributed by atoms with Gasteiger partial charge < -0.3 is 14.9 Å². The molecule has 0 saturated heterocycles. The third-order valence-electron chi connectivity index (χ3n) is 6.28. The molecule has 0 aliphatic carbocycles. The van der Waals surface area contributed by atoms with Gasteiger partial charge in [-0.1, -0.05) is 52.1 Å². The van der Waals surface area contributed by atoms with E-state index in [0.29, 0.717) is 16.6 Å². The molecule has 1 unspecified atom stereocenters. The van der Waals surface area contributed by atoms with Gasteiger partial charge in [-0.2, -0.15) is 11.8 Å². The zero-order valence-electron chi connectivity index (χ0n) is 24.5. The van der Waals surface area contributed by atoms with Crippen LogP contribution in [0.5, 0.6) is 0 Å². The Hall–Kier alpha value is -3.66. The summed E-state index contributed by atoms with van der Waals surface area (Å²) in [6.07, 6.45) is 10.0. The number of carbonyl (C=O) groups excluding carboxylic acids is 5. The fraction of sp³-hybridized carbons (Fsp3) is 0.452. The van der Waals surface area contributed by atoms with Crippen LogP contribution in [0.4, 0.5) is 0 Å². The smallest absolute Gasteiger partial charge is 0.333 e. The van der Waals surface area contributed by atoms with Crippen LogP contribution >= 0.6 is 11.8 Å². The number of esters is 1. The maximum atomic E-state index is 12.4. The fourth-order valence-electron chi connectivity index (χ4n) is 3.92. The van der Waals surface area contributed by atoms with Crippen molar-refractivity contribution in [2.75, 3.05) is 18.6 Å². The van der Waals surface area contributed by atoms with Crippen LogP contribution in [0, 0.1) is 0 Å². The largest absolute Gasteiger partial charge is 0.467 e. The summed E-state index contributed by atoms with van der Waals surface area (Å²) in [4.78, 5) is 66.4. The van der Waals surface area contributed by atoms with E-state index >= 15 is 0 Å². The molecule has 0 saturated carbocycles. The van der Waals surface area contributed by atoms with Crippen molar-refractivity contribution in [3.63, 3.8) is 0 Å². The van der Waals surface area contributed by atoms with E-state index in [1.807, 2.05) is 0 Å². The normalized spacial score (nSPS) is 13.9. The van der Waals surface area contributed by atoms with E-state index < -0.39 is 35.7 Å². The van der Waals surface area contributed by atoms with Gasteiger partial charge in [0.05, 0.1) is 24.7 Å². The molecular weight excluding hydrogens is 544 g/mol. The first kappa shape index (κ1) is 33.5. The third kappa shape index (κ3) is 11.4. The Morgan fingerprint density at radius 3 is 2.05 bits per heavy atom. The number of benzene rings is 1. The topological polar surface area (TPSA) is 119 Å². The SMILES string of the molecule is COC(=O)C(CSCC=C(C)CCC=C(C)CCC=C(C)C)NC(=O)CCC(=O)ON1C(=O)c2ccccc2C1=O. The number of hydrogen-bond acceptors (Lipinski definition) is 8. The molecule has 1 heterocycles. The summed E-state index contributed by atoms with van der Waals surface area (Å²) in [6.45, 7) is 8.45. The molecule has 0 fully saturated rings. The molecule has 41 heavy (non-hydrogen) atoms. The summed E-state index contributed by atoms with van der Waals surface area (Å²) >= 11 is 1.48. The molecule has 0 bridgehead atoms. The van der Waals surface area contributed by atoms with Gasteiger partial charge in [0, 0.05) is 17.9 Å². The zero-order chi connectivity index (χ0) is 30.4. The number of methoxy groups -OCH3 is 1. The van der Waals surface area contributed by atoms with Crippen molar-refractivity contribution in [1.29, 1.82) is 0 Å². The van der Waals surface area contributed by atoms with E-state index in [9.17, 15) is 24.0 Å². The van der Waals surface area contributed by atoms with Gasteiger partial charge in [0.15, 0.2) is 0 Å². The molecule has 1 aromatic carbocycles. The lowest BCUT2D eigenvalue weighted by Crippen LogP contribution is -2.43. The summed E-state index contributed by atoms with van der Waals surface area (Å²) in [5.74, 6) is -2.57. The van der Waals surface area contributed by atoms with E-state index in [1.54, 1.807) is 12.1 Å². The molecule has 0 aromatic heterocycles. The summed E-state index contributed by atoms with van der Waals surface area (Å²) in [7, 11) is 1.24. The van der Waals surface area contributed by atoms with Gasteiger partial charge >= 0.3 is 11.9 Å². The minimum atomic E-state index is -0.919. The number of imide groups is 1. The van der Waals surface area contributed by atoms with E-state index in [4.69, 9.17) is 9.57 Å². The second-order valence-corrected chi connectivity index (χ2v) is 11.1. The predicted molar refractivity (Wildman–Crippen MR) is 159 cm³/mol. The first-order valence-corrected chi connectivity index (χ1v) is 14.8. The average molecular weight is 585 g/mol. The highest BCUT2D eigenvalue weighted by atomic mass is 32.2. The van der Waals surface area contributed by atoms with Gasteiger partial charge in [-0.3, -0.25) is 14.4 Å². The highest BCUT2D eigenvalue weighted by molar-refractivity contribution is 7.99. The quantitative estimate of drug-likeness (QED) is 0.120. The number of fused-ring (bicyclic) bond motifs is 1. The predicted octanol–water partition coefficient (Wildman–Crippen LogP) is 5.33. The number of nitrogens with zero attached hydrogens (tertiary/aromatic N) is 1. The number of allylic oxidation sites excluding steroid dienone is 5. The van der Waals surface area contributed by atoms with Gasteiger partial charge in [-0.25, -0.2) is 9.59 Å². The highest BCUT2D eigenvalue weighted by Crippen LogP contribution is 2.23. The number of carbonyl (C=O) groups is 5. The van der Waals surface area contributed by atoms with Crippen molar-refractivity contribution >= 4 is 41.4 Å². The van der Waals surface area contributed by atoms with Crippen LogP contribution < -0.4 is 5.32 Å². The molecule has 222 valence electrons. The van der Waals surface area contributed by atoms with Gasteiger partial charge in [-0.05, 0) is 65.5 Å². The molecule has 10 heteroatoms. The lowest BCUT2D eigenvalue weighted by molar-refractivity contribution is -0.169. The van der Waals surface area contributed by atoms with Gasteiger partial charge in [0.25, 0.3) is 11.8 Å². The number of amides is 3. The fourth-order valence-corrected chi connectivity index (χ4v) is 4.91. The number of thioether (sulfide) groups is 1. The molecule has 3 amide bonds. The number of nitrogens with one attached hydrogen (secondary N) is 1. The monoisotopic (exact) mass is 584 g/mol. The van der Waals surface area contributed by atoms with Crippen molar-refractivity contribution in [2.45, 2.75) is 72.3 Å². The molecule has 1 N–H and O–H groups in total. The standard InChI is InChI=1S/C31H40N2O7S/c1-21(2)10-8-11-22(3)12-9-13-23(4)18-19-41-20-26(31(38)39-5)32-27(34)16-17-28(35)40-33-29(36)24-14-6-7-15-25(24)30(33)37/h6-7,10,12,14-15,18,26H,8-9,11,13,16-17,19-20H2,1-5H3,(H,32,34). The Bertz CT molecular complexity index is 1180. The van der Waals surface area contributed by atoms with Crippen LogP contribution in [0.15, 0.2) is 59.2 Å². The molecule has 1 atom stereocenters. The van der Waals surface area contributed by atoms with Crippen LogP contribution in [-0.4, -0.2) is 59.4 Å². The van der Waals surface area contributed by atoms with E-state index in [1.165, 1.54) is 47.7 Å². The molecule has 0 radical (unpaired) electrons. The van der Waals surface area contributed by atoms with Crippen molar-refractivity contribution in [3.05, 3.63) is 70.3 Å². The van der Waals surface area contributed by atoms with E-state index in [0.717, 1.165) is 25.7 Å². The van der Waals surface area contributed by atoms with Crippen molar-refractivity contribution in [1.82, 2.24) is 10.4 Å². The Morgan fingerprint density at radius 1 is 0.878 bits per heavy atom. The zero-order valence-corrected chi connectivity index (χ0v) is 25.3. The Morgan fingerprint density at radius 2 is 1.46 bits per heavy atom. The second-order valence-electron chi connectivity index (χ2n) is 10.1. The maximum Gasteiger partial charge on any atom is 0.333 e. The summed E-state index contributed by atoms with van der Waals surface area (Å²) in [5.41, 5.74) is 4.26. The average Bonchev–Trinajstić information content (AvgIpc) is 3.17. The Labute approximate surface area is 246 Å². The number of hydroxylamine groups is 2. The van der Waals surface area contributed by atoms with Crippen LogP contribution in [0.1, 0.15) is 86.9 Å². The first-order chi connectivity index (χ1) is 19.5. The van der Waals surface area contributed by atoms with Crippen LogP contribution in [0.25, 0.3) is 0 Å². The maximum absolute atomic E-state index is 12.4. The van der Waals surface area contributed by atoms with E-state index in [2.05, 4.69) is 51.2 Å². The Kier molecular flexibility index (Phi) is 14.1. The minimum Gasteiger partial charge on any atom is -0.467 e. The Balaban J connectivity index is 1.74. The summed E-state index contributed by atoms with van der Waals surface area (Å²) < 4.78 is 4.81. The van der Waals surface area contributed by atoms with Crippen molar-refractivity contribution < 1.29 is 33.5 Å². The van der Waals surface area contributed by atoms with Crippen LogP contribution in [-0.2, 0) is 24.0 Å². The molecule has 1 aliphatic rings. The molecule has 1 aliphatic heterocycles. The molecular formula is C31H40N2O7S. The second kappa shape index (κ2) is 17.2. The lowest BCUT2D eigenvalue weighted by Gasteiger charge is -2.16. The number of ether oxygens (including phenoxy) is 1. The lowest BCUT2D eigenvalue weighted by atomic mass is 10.1. The summed E-state index contributed by atoms with van der Waals surface area (Å²) in [5, 5.41) is 2.99.